The predicted molar refractivity (Wildman–Crippen MR) is 124 cm³/mol. The topological polar surface area (TPSA) is 72.2 Å². The van der Waals surface area contributed by atoms with E-state index in [4.69, 9.17) is 0 Å². The summed E-state index contributed by atoms with van der Waals surface area (Å²) in [6.45, 7) is 0. The van der Waals surface area contributed by atoms with Crippen molar-refractivity contribution in [1.82, 2.24) is 19.6 Å². The highest BCUT2D eigenvalue weighted by Gasteiger charge is 2.11. The molecule has 0 aliphatic heterocycles. The van der Waals surface area contributed by atoms with Gasteiger partial charge in [-0.3, -0.25) is 10.1 Å². The minimum absolute atomic E-state index is 0.201. The highest BCUT2D eigenvalue weighted by molar-refractivity contribution is 7.98. The molecule has 0 saturated carbocycles. The number of carbonyl (C=O) groups is 1. The van der Waals surface area contributed by atoms with E-state index in [0.717, 1.165) is 32.6 Å². The van der Waals surface area contributed by atoms with E-state index < -0.39 is 0 Å². The Balaban J connectivity index is 1.20. The molecule has 5 aromatic rings. The standard InChI is InChI=1S/C23H17N5OS2/c29-21(25-23-27-26-22(31-23)17-6-2-1-3-7-17)16-9-11-19(12-10-16)30-15-18-14-28-13-5-4-8-20(28)24-18/h1-14H,15H2,(H,25,27,29). The molecular weight excluding hydrogens is 426 g/mol. The number of hydrogen-bond acceptors (Lipinski definition) is 6. The van der Waals surface area contributed by atoms with Gasteiger partial charge in [-0.25, -0.2) is 4.98 Å². The second-order valence-corrected chi connectivity index (χ2v) is 8.77. The van der Waals surface area contributed by atoms with Crippen molar-refractivity contribution in [2.45, 2.75) is 10.6 Å². The van der Waals surface area contributed by atoms with Gasteiger partial charge in [-0.2, -0.15) is 0 Å². The van der Waals surface area contributed by atoms with Crippen molar-refractivity contribution in [3.63, 3.8) is 0 Å². The van der Waals surface area contributed by atoms with Crippen molar-refractivity contribution in [3.05, 3.63) is 96.4 Å². The number of imidazole rings is 1. The van der Waals surface area contributed by atoms with Crippen LogP contribution in [0.25, 0.3) is 16.2 Å². The van der Waals surface area contributed by atoms with Crippen LogP contribution < -0.4 is 5.32 Å². The Bertz CT molecular complexity index is 1300. The van der Waals surface area contributed by atoms with Gasteiger partial charge in [-0.15, -0.1) is 22.0 Å². The SMILES string of the molecule is O=C(Nc1nnc(-c2ccccc2)s1)c1ccc(SCc2cn3ccccc3n2)cc1. The number of amides is 1. The van der Waals surface area contributed by atoms with Crippen molar-refractivity contribution < 1.29 is 4.79 Å². The van der Waals surface area contributed by atoms with Crippen molar-refractivity contribution in [2.24, 2.45) is 0 Å². The molecule has 0 aliphatic carbocycles. The van der Waals surface area contributed by atoms with Crippen molar-refractivity contribution in [2.75, 3.05) is 5.32 Å². The third-order valence-corrected chi connectivity index (χ3v) is 6.52. The Hall–Kier alpha value is -3.49. The molecule has 0 bridgehead atoms. The number of anilines is 1. The van der Waals surface area contributed by atoms with Crippen LogP contribution in [0.15, 0.2) is 90.1 Å². The lowest BCUT2D eigenvalue weighted by Crippen LogP contribution is -2.11. The number of aromatic nitrogens is 4. The fourth-order valence-electron chi connectivity index (χ4n) is 3.06. The van der Waals surface area contributed by atoms with Crippen LogP contribution in [0.4, 0.5) is 5.13 Å². The number of fused-ring (bicyclic) bond motifs is 1. The van der Waals surface area contributed by atoms with Crippen LogP contribution in [-0.2, 0) is 5.75 Å². The van der Waals surface area contributed by atoms with E-state index >= 15 is 0 Å². The molecule has 0 saturated heterocycles. The van der Waals surface area contributed by atoms with Gasteiger partial charge in [-0.1, -0.05) is 47.7 Å². The van der Waals surface area contributed by atoms with Gasteiger partial charge in [0.25, 0.3) is 5.91 Å². The molecule has 8 heteroatoms. The minimum atomic E-state index is -0.201. The van der Waals surface area contributed by atoms with Gasteiger partial charge < -0.3 is 4.40 Å². The van der Waals surface area contributed by atoms with Gasteiger partial charge >= 0.3 is 0 Å². The number of nitrogens with zero attached hydrogens (tertiary/aromatic N) is 4. The molecule has 5 rings (SSSR count). The summed E-state index contributed by atoms with van der Waals surface area (Å²) in [6, 6.07) is 23.3. The molecule has 2 aromatic carbocycles. The number of nitrogens with one attached hydrogen (secondary N) is 1. The largest absolute Gasteiger partial charge is 0.307 e. The summed E-state index contributed by atoms with van der Waals surface area (Å²) in [5.74, 6) is 0.563. The smallest absolute Gasteiger partial charge is 0.257 e. The molecule has 1 N–H and O–H groups in total. The highest BCUT2D eigenvalue weighted by atomic mass is 32.2. The minimum Gasteiger partial charge on any atom is -0.307 e. The molecule has 0 aliphatic rings. The van der Waals surface area contributed by atoms with Crippen LogP contribution in [0, 0.1) is 0 Å². The monoisotopic (exact) mass is 443 g/mol. The maximum Gasteiger partial charge on any atom is 0.257 e. The quantitative estimate of drug-likeness (QED) is 0.356. The number of hydrogen-bond donors (Lipinski definition) is 1. The van der Waals surface area contributed by atoms with Crippen molar-refractivity contribution in [1.29, 1.82) is 0 Å². The molecule has 0 atom stereocenters. The van der Waals surface area contributed by atoms with E-state index in [9.17, 15) is 4.79 Å². The number of carbonyl (C=O) groups excluding carboxylic acids is 1. The second kappa shape index (κ2) is 8.71. The number of pyridine rings is 1. The normalized spacial score (nSPS) is 11.0. The van der Waals surface area contributed by atoms with Gasteiger partial charge in [0.05, 0.1) is 5.69 Å². The molecule has 0 unspecified atom stereocenters. The zero-order valence-corrected chi connectivity index (χ0v) is 17.9. The third-order valence-electron chi connectivity index (χ3n) is 4.58. The molecule has 3 aromatic heterocycles. The molecule has 6 nitrogen and oxygen atoms in total. The molecule has 0 fully saturated rings. The van der Waals surface area contributed by atoms with Crippen LogP contribution in [0.5, 0.6) is 0 Å². The summed E-state index contributed by atoms with van der Waals surface area (Å²) in [4.78, 5) is 18.2. The van der Waals surface area contributed by atoms with Gasteiger partial charge in [0.2, 0.25) is 5.13 Å². The maximum absolute atomic E-state index is 12.6. The molecule has 0 spiro atoms. The molecule has 3 heterocycles. The lowest BCUT2D eigenvalue weighted by atomic mass is 10.2. The van der Waals surface area contributed by atoms with Crippen molar-refractivity contribution in [3.8, 4) is 10.6 Å². The molecular formula is C23H17N5OS2. The summed E-state index contributed by atoms with van der Waals surface area (Å²) < 4.78 is 2.01. The summed E-state index contributed by atoms with van der Waals surface area (Å²) in [5.41, 5.74) is 3.52. The lowest BCUT2D eigenvalue weighted by molar-refractivity contribution is 0.102. The first-order valence-electron chi connectivity index (χ1n) is 9.60. The second-order valence-electron chi connectivity index (χ2n) is 6.74. The molecule has 0 radical (unpaired) electrons. The Kier molecular flexibility index (Phi) is 5.47. The summed E-state index contributed by atoms with van der Waals surface area (Å²) in [5, 5.41) is 12.3. The Labute approximate surface area is 187 Å². The average Bonchev–Trinajstić information content (AvgIpc) is 3.45. The van der Waals surface area contributed by atoms with Crippen LogP contribution >= 0.6 is 23.1 Å². The van der Waals surface area contributed by atoms with Crippen LogP contribution in [0.1, 0.15) is 16.1 Å². The zero-order valence-electron chi connectivity index (χ0n) is 16.3. The van der Waals surface area contributed by atoms with Gasteiger partial charge in [-0.05, 0) is 36.4 Å². The Morgan fingerprint density at radius 1 is 0.968 bits per heavy atom. The van der Waals surface area contributed by atoms with Gasteiger partial charge in [0.15, 0.2) is 0 Å². The first-order valence-corrected chi connectivity index (χ1v) is 11.4. The summed E-state index contributed by atoms with van der Waals surface area (Å²) in [6.07, 6.45) is 4.03. The zero-order chi connectivity index (χ0) is 21.0. The molecule has 31 heavy (non-hydrogen) atoms. The fraction of sp³-hybridized carbons (Fsp3) is 0.0435. The van der Waals surface area contributed by atoms with Crippen LogP contribution in [-0.4, -0.2) is 25.5 Å². The number of rotatable bonds is 6. The first kappa shape index (κ1) is 19.5. The summed E-state index contributed by atoms with van der Waals surface area (Å²) >= 11 is 3.04. The van der Waals surface area contributed by atoms with E-state index in [-0.39, 0.29) is 5.91 Å². The predicted octanol–water partition coefficient (Wildman–Crippen LogP) is 5.40. The number of benzene rings is 2. The maximum atomic E-state index is 12.6. The van der Waals surface area contributed by atoms with E-state index in [0.29, 0.717) is 10.7 Å². The van der Waals surface area contributed by atoms with E-state index in [1.807, 2.05) is 89.6 Å². The molecule has 1 amide bonds. The first-order chi connectivity index (χ1) is 15.2. The van der Waals surface area contributed by atoms with Gasteiger partial charge in [0, 0.05) is 34.2 Å². The average molecular weight is 444 g/mol. The van der Waals surface area contributed by atoms with Crippen LogP contribution in [0.2, 0.25) is 0 Å². The number of thioether (sulfide) groups is 1. The van der Waals surface area contributed by atoms with E-state index in [2.05, 4.69) is 20.5 Å². The molecule has 152 valence electrons. The van der Waals surface area contributed by atoms with E-state index in [1.54, 1.807) is 11.8 Å². The van der Waals surface area contributed by atoms with Crippen molar-refractivity contribution >= 4 is 39.8 Å². The lowest BCUT2D eigenvalue weighted by Gasteiger charge is -2.03. The Morgan fingerprint density at radius 3 is 2.58 bits per heavy atom. The summed E-state index contributed by atoms with van der Waals surface area (Å²) in [7, 11) is 0. The fourth-order valence-corrected chi connectivity index (χ4v) is 4.58. The highest BCUT2D eigenvalue weighted by Crippen LogP contribution is 2.27. The Morgan fingerprint density at radius 2 is 1.77 bits per heavy atom. The third kappa shape index (κ3) is 4.50. The van der Waals surface area contributed by atoms with Crippen LogP contribution in [0.3, 0.4) is 0 Å². The van der Waals surface area contributed by atoms with Gasteiger partial charge in [0.1, 0.15) is 10.7 Å². The van der Waals surface area contributed by atoms with E-state index in [1.165, 1.54) is 11.3 Å².